The van der Waals surface area contributed by atoms with Crippen molar-refractivity contribution in [1.29, 1.82) is 0 Å². The van der Waals surface area contributed by atoms with E-state index in [9.17, 15) is 10.1 Å². The third kappa shape index (κ3) is 1.94. The Balaban J connectivity index is 1.56. The Morgan fingerprint density at radius 1 is 1.38 bits per heavy atom. The van der Waals surface area contributed by atoms with E-state index in [4.69, 9.17) is 0 Å². The van der Waals surface area contributed by atoms with Gasteiger partial charge >= 0.3 is 5.69 Å². The maximum atomic E-state index is 11.1. The second-order valence-corrected chi connectivity index (χ2v) is 6.37. The molecule has 4 atom stereocenters. The summed E-state index contributed by atoms with van der Waals surface area (Å²) < 4.78 is 0. The summed E-state index contributed by atoms with van der Waals surface area (Å²) in [5.41, 5.74) is -0.0334. The standard InChI is InChI=1S/C14H19N5O2/c1-2-15-14-16-6-9(19(20)21)13(18-14)17-12-10-7-3-4-8(5-7)11(10)12/h6-8,10-12H,2-5H2,1H3,(H2,15,16,17,18). The molecule has 3 aliphatic carbocycles. The van der Waals surface area contributed by atoms with Crippen LogP contribution in [0.1, 0.15) is 26.2 Å². The molecule has 1 aromatic heterocycles. The van der Waals surface area contributed by atoms with Gasteiger partial charge in [0.15, 0.2) is 0 Å². The van der Waals surface area contributed by atoms with E-state index in [0.29, 0.717) is 36.2 Å². The minimum Gasteiger partial charge on any atom is -0.361 e. The second kappa shape index (κ2) is 4.54. The smallest absolute Gasteiger partial charge is 0.329 e. The summed E-state index contributed by atoms with van der Waals surface area (Å²) in [5.74, 6) is 3.88. The molecule has 1 aromatic rings. The number of nitrogens with zero attached hydrogens (tertiary/aromatic N) is 3. The first-order chi connectivity index (χ1) is 10.2. The van der Waals surface area contributed by atoms with Crippen molar-refractivity contribution in [2.45, 2.75) is 32.2 Å². The Morgan fingerprint density at radius 2 is 2.10 bits per heavy atom. The largest absolute Gasteiger partial charge is 0.361 e. The number of anilines is 2. The highest BCUT2D eigenvalue weighted by Crippen LogP contribution is 2.66. The van der Waals surface area contributed by atoms with Crippen LogP contribution in [0.15, 0.2) is 6.20 Å². The zero-order chi connectivity index (χ0) is 14.6. The molecule has 112 valence electrons. The van der Waals surface area contributed by atoms with Gasteiger partial charge in [-0.25, -0.2) is 4.98 Å². The van der Waals surface area contributed by atoms with Crippen molar-refractivity contribution in [2.24, 2.45) is 23.7 Å². The lowest BCUT2D eigenvalue weighted by atomic mass is 10.0. The fourth-order valence-corrected chi connectivity index (χ4v) is 4.53. The van der Waals surface area contributed by atoms with Crippen LogP contribution in [-0.4, -0.2) is 27.5 Å². The fraction of sp³-hybridized carbons (Fsp3) is 0.714. The van der Waals surface area contributed by atoms with E-state index >= 15 is 0 Å². The predicted octanol–water partition coefficient (Wildman–Crippen LogP) is 2.27. The lowest BCUT2D eigenvalue weighted by Gasteiger charge is -2.12. The van der Waals surface area contributed by atoms with Crippen LogP contribution >= 0.6 is 0 Å². The Hall–Kier alpha value is -1.92. The Bertz CT molecular complexity index is 577. The Morgan fingerprint density at radius 3 is 2.71 bits per heavy atom. The molecule has 4 rings (SSSR count). The van der Waals surface area contributed by atoms with E-state index in [0.717, 1.165) is 11.8 Å². The first-order valence-electron chi connectivity index (χ1n) is 7.71. The van der Waals surface area contributed by atoms with Gasteiger partial charge in [-0.1, -0.05) is 0 Å². The number of hydrogen-bond acceptors (Lipinski definition) is 6. The third-order valence-corrected chi connectivity index (χ3v) is 5.34. The molecule has 21 heavy (non-hydrogen) atoms. The number of fused-ring (bicyclic) bond motifs is 5. The van der Waals surface area contributed by atoms with E-state index in [1.54, 1.807) is 0 Å². The molecule has 2 N–H and O–H groups in total. The molecule has 0 aromatic carbocycles. The molecule has 1 heterocycles. The van der Waals surface area contributed by atoms with Crippen molar-refractivity contribution < 1.29 is 4.92 Å². The molecule has 7 nitrogen and oxygen atoms in total. The van der Waals surface area contributed by atoms with Crippen LogP contribution in [0.2, 0.25) is 0 Å². The first kappa shape index (κ1) is 12.8. The van der Waals surface area contributed by atoms with Gasteiger partial charge in [-0.15, -0.1) is 0 Å². The summed E-state index contributed by atoms with van der Waals surface area (Å²) in [6.45, 7) is 2.64. The van der Waals surface area contributed by atoms with Gasteiger partial charge in [0.1, 0.15) is 6.20 Å². The number of nitro groups is 1. The van der Waals surface area contributed by atoms with Gasteiger partial charge in [0.05, 0.1) is 4.92 Å². The molecule has 0 aliphatic heterocycles. The van der Waals surface area contributed by atoms with Gasteiger partial charge in [0.25, 0.3) is 0 Å². The highest BCUT2D eigenvalue weighted by molar-refractivity contribution is 5.58. The highest BCUT2D eigenvalue weighted by Gasteiger charge is 2.65. The number of rotatable bonds is 5. The topological polar surface area (TPSA) is 93.0 Å². The van der Waals surface area contributed by atoms with Gasteiger partial charge in [0, 0.05) is 12.6 Å². The summed E-state index contributed by atoms with van der Waals surface area (Å²) in [7, 11) is 0. The number of hydrogen-bond donors (Lipinski definition) is 2. The van der Waals surface area contributed by atoms with Crippen molar-refractivity contribution >= 4 is 17.5 Å². The molecular formula is C14H19N5O2. The average molecular weight is 289 g/mol. The number of aromatic nitrogens is 2. The van der Waals surface area contributed by atoms with Crippen molar-refractivity contribution in [3.63, 3.8) is 0 Å². The van der Waals surface area contributed by atoms with Crippen molar-refractivity contribution in [2.75, 3.05) is 17.2 Å². The first-order valence-corrected chi connectivity index (χ1v) is 7.71. The van der Waals surface area contributed by atoms with Gasteiger partial charge < -0.3 is 10.6 Å². The molecule has 7 heteroatoms. The van der Waals surface area contributed by atoms with E-state index in [-0.39, 0.29) is 5.69 Å². The molecule has 3 fully saturated rings. The van der Waals surface area contributed by atoms with Crippen LogP contribution in [0, 0.1) is 33.8 Å². The van der Waals surface area contributed by atoms with Crippen LogP contribution in [0.25, 0.3) is 0 Å². The molecule has 0 saturated heterocycles. The summed E-state index contributed by atoms with van der Waals surface area (Å²) in [6.07, 6.45) is 5.32. The summed E-state index contributed by atoms with van der Waals surface area (Å²) in [6, 6.07) is 0.374. The van der Waals surface area contributed by atoms with Crippen LogP contribution in [0.5, 0.6) is 0 Å². The molecule has 4 unspecified atom stereocenters. The van der Waals surface area contributed by atoms with Crippen molar-refractivity contribution in [3.05, 3.63) is 16.3 Å². The van der Waals surface area contributed by atoms with Crippen LogP contribution in [0.4, 0.5) is 17.5 Å². The maximum absolute atomic E-state index is 11.1. The molecule has 2 bridgehead atoms. The summed E-state index contributed by atoms with van der Waals surface area (Å²) >= 11 is 0. The van der Waals surface area contributed by atoms with Crippen molar-refractivity contribution in [3.8, 4) is 0 Å². The molecule has 0 radical (unpaired) electrons. The summed E-state index contributed by atoms with van der Waals surface area (Å²) in [4.78, 5) is 19.0. The third-order valence-electron chi connectivity index (χ3n) is 5.34. The molecule has 0 spiro atoms. The quantitative estimate of drug-likeness (QED) is 0.638. The predicted molar refractivity (Wildman–Crippen MR) is 78.1 cm³/mol. The van der Waals surface area contributed by atoms with Crippen LogP contribution in [-0.2, 0) is 0 Å². The van der Waals surface area contributed by atoms with E-state index < -0.39 is 4.92 Å². The Kier molecular flexibility index (Phi) is 2.77. The van der Waals surface area contributed by atoms with Crippen LogP contribution < -0.4 is 10.6 Å². The average Bonchev–Trinajstić information content (AvgIpc) is 2.84. The molecular weight excluding hydrogens is 270 g/mol. The zero-order valence-corrected chi connectivity index (χ0v) is 12.0. The molecule has 3 saturated carbocycles. The fourth-order valence-electron chi connectivity index (χ4n) is 4.53. The van der Waals surface area contributed by atoms with E-state index in [1.165, 1.54) is 25.5 Å². The van der Waals surface area contributed by atoms with Crippen molar-refractivity contribution in [1.82, 2.24) is 9.97 Å². The Labute approximate surface area is 122 Å². The van der Waals surface area contributed by atoms with Gasteiger partial charge in [-0.3, -0.25) is 10.1 Å². The minimum absolute atomic E-state index is 0.0334. The normalized spacial score (nSPS) is 35.4. The molecule has 0 amide bonds. The monoisotopic (exact) mass is 289 g/mol. The highest BCUT2D eigenvalue weighted by atomic mass is 16.6. The second-order valence-electron chi connectivity index (χ2n) is 6.37. The summed E-state index contributed by atoms with van der Waals surface area (Å²) in [5, 5.41) is 17.5. The zero-order valence-electron chi connectivity index (χ0n) is 12.0. The van der Waals surface area contributed by atoms with E-state index in [1.807, 2.05) is 6.92 Å². The maximum Gasteiger partial charge on any atom is 0.329 e. The molecule has 3 aliphatic rings. The van der Waals surface area contributed by atoms with Gasteiger partial charge in [0.2, 0.25) is 11.8 Å². The van der Waals surface area contributed by atoms with Gasteiger partial charge in [-0.05, 0) is 49.9 Å². The van der Waals surface area contributed by atoms with Crippen LogP contribution in [0.3, 0.4) is 0 Å². The lowest BCUT2D eigenvalue weighted by molar-refractivity contribution is -0.384. The SMILES string of the molecule is CCNc1ncc([N+](=O)[O-])c(NC2C3C4CCC(C4)C23)n1. The minimum atomic E-state index is -0.412. The van der Waals surface area contributed by atoms with Gasteiger partial charge in [-0.2, -0.15) is 4.98 Å². The lowest BCUT2D eigenvalue weighted by Crippen LogP contribution is -2.16. The number of nitrogens with one attached hydrogen (secondary N) is 2. The van der Waals surface area contributed by atoms with E-state index in [2.05, 4.69) is 20.6 Å².